The van der Waals surface area contributed by atoms with Crippen LogP contribution in [0.2, 0.25) is 0 Å². The van der Waals surface area contributed by atoms with E-state index in [-0.39, 0.29) is 6.10 Å². The molecule has 0 bridgehead atoms. The average Bonchev–Trinajstić information content (AvgIpc) is 2.40. The maximum Gasteiger partial charge on any atom is 0.328 e. The summed E-state index contributed by atoms with van der Waals surface area (Å²) >= 11 is 0. The Hall–Kier alpha value is -1.81. The Bertz CT molecular complexity index is 473. The van der Waals surface area contributed by atoms with Crippen molar-refractivity contribution in [3.63, 3.8) is 0 Å². The van der Waals surface area contributed by atoms with Crippen LogP contribution in [0.1, 0.15) is 24.0 Å². The Morgan fingerprint density at radius 2 is 2.37 bits per heavy atom. The number of aryl methyl sites for hydroxylation is 1. The summed E-state index contributed by atoms with van der Waals surface area (Å²) in [7, 11) is 0. The first-order valence-corrected chi connectivity index (χ1v) is 6.42. The van der Waals surface area contributed by atoms with Gasteiger partial charge in [0.1, 0.15) is 11.9 Å². The molecule has 1 atom stereocenters. The first kappa shape index (κ1) is 13.6. The van der Waals surface area contributed by atoms with E-state index < -0.39 is 5.97 Å². The average molecular weight is 262 g/mol. The second-order valence-electron chi connectivity index (χ2n) is 4.62. The molecule has 4 heteroatoms. The number of para-hydroxylation sites is 1. The van der Waals surface area contributed by atoms with Gasteiger partial charge in [-0.3, -0.25) is 0 Å². The fourth-order valence-electron chi connectivity index (χ4n) is 2.10. The van der Waals surface area contributed by atoms with E-state index in [0.29, 0.717) is 6.61 Å². The summed E-state index contributed by atoms with van der Waals surface area (Å²) in [6.07, 6.45) is 4.70. The summed E-state index contributed by atoms with van der Waals surface area (Å²) < 4.78 is 11.4. The van der Waals surface area contributed by atoms with Crippen molar-refractivity contribution in [3.05, 3.63) is 35.4 Å². The van der Waals surface area contributed by atoms with Crippen molar-refractivity contribution in [2.75, 3.05) is 13.2 Å². The van der Waals surface area contributed by atoms with Crippen molar-refractivity contribution < 1.29 is 19.4 Å². The highest BCUT2D eigenvalue weighted by Crippen LogP contribution is 2.27. The zero-order chi connectivity index (χ0) is 13.7. The Morgan fingerprint density at radius 1 is 1.53 bits per heavy atom. The second-order valence-corrected chi connectivity index (χ2v) is 4.62. The van der Waals surface area contributed by atoms with Gasteiger partial charge in [0, 0.05) is 18.2 Å². The van der Waals surface area contributed by atoms with Crippen molar-refractivity contribution >= 4 is 12.0 Å². The lowest BCUT2D eigenvalue weighted by molar-refractivity contribution is -0.131. The molecule has 1 fully saturated rings. The van der Waals surface area contributed by atoms with Crippen molar-refractivity contribution in [1.29, 1.82) is 0 Å². The van der Waals surface area contributed by atoms with E-state index in [9.17, 15) is 4.79 Å². The van der Waals surface area contributed by atoms with E-state index in [1.165, 1.54) is 0 Å². The number of carboxylic acids is 1. The molecule has 19 heavy (non-hydrogen) atoms. The van der Waals surface area contributed by atoms with E-state index in [2.05, 4.69) is 0 Å². The van der Waals surface area contributed by atoms with Gasteiger partial charge in [-0.1, -0.05) is 18.2 Å². The van der Waals surface area contributed by atoms with Gasteiger partial charge in [0.05, 0.1) is 6.61 Å². The molecule has 1 N–H and O–H groups in total. The maximum absolute atomic E-state index is 10.6. The molecule has 0 spiro atoms. The first-order valence-electron chi connectivity index (χ1n) is 6.42. The van der Waals surface area contributed by atoms with Gasteiger partial charge in [0.2, 0.25) is 0 Å². The predicted molar refractivity (Wildman–Crippen MR) is 72.3 cm³/mol. The van der Waals surface area contributed by atoms with E-state index in [4.69, 9.17) is 14.6 Å². The third-order valence-electron chi connectivity index (χ3n) is 3.05. The first-order chi connectivity index (χ1) is 9.16. The Morgan fingerprint density at radius 3 is 3.05 bits per heavy atom. The minimum Gasteiger partial charge on any atom is -0.487 e. The van der Waals surface area contributed by atoms with Gasteiger partial charge in [-0.15, -0.1) is 0 Å². The highest BCUT2D eigenvalue weighted by atomic mass is 16.5. The van der Waals surface area contributed by atoms with Crippen LogP contribution in [-0.2, 0) is 9.53 Å². The molecule has 0 radical (unpaired) electrons. The van der Waals surface area contributed by atoms with Gasteiger partial charge in [-0.25, -0.2) is 4.79 Å². The standard InChI is InChI=1S/C15H18O4/c1-11-4-2-5-12(7-8-14(16)17)15(11)19-13-6-3-9-18-10-13/h2,4-5,7-8,13H,3,6,9-10H2,1H3,(H,16,17)/b8-7+. The summed E-state index contributed by atoms with van der Waals surface area (Å²) in [5.41, 5.74) is 1.78. The monoisotopic (exact) mass is 262 g/mol. The minimum absolute atomic E-state index is 0.0480. The Labute approximate surface area is 112 Å². The van der Waals surface area contributed by atoms with Crippen molar-refractivity contribution in [2.45, 2.75) is 25.9 Å². The molecule has 0 aliphatic carbocycles. The summed E-state index contributed by atoms with van der Waals surface area (Å²) in [5.74, 6) is -0.219. The minimum atomic E-state index is -0.964. The van der Waals surface area contributed by atoms with E-state index in [1.54, 1.807) is 6.08 Å². The number of rotatable bonds is 4. The zero-order valence-corrected chi connectivity index (χ0v) is 11.0. The number of carboxylic acid groups (broad SMARTS) is 1. The molecule has 0 aromatic heterocycles. The van der Waals surface area contributed by atoms with E-state index in [0.717, 1.165) is 42.4 Å². The van der Waals surface area contributed by atoms with Crippen LogP contribution in [0.25, 0.3) is 6.08 Å². The molecule has 4 nitrogen and oxygen atoms in total. The van der Waals surface area contributed by atoms with Gasteiger partial charge in [-0.2, -0.15) is 0 Å². The van der Waals surface area contributed by atoms with Gasteiger partial charge >= 0.3 is 5.97 Å². The number of hydrogen-bond donors (Lipinski definition) is 1. The maximum atomic E-state index is 10.6. The van der Waals surface area contributed by atoms with Gasteiger partial charge in [-0.05, 0) is 31.4 Å². The van der Waals surface area contributed by atoms with E-state index in [1.807, 2.05) is 25.1 Å². The highest BCUT2D eigenvalue weighted by Gasteiger charge is 2.17. The Balaban J connectivity index is 2.19. The molecule has 2 rings (SSSR count). The molecule has 1 aliphatic rings. The van der Waals surface area contributed by atoms with Crippen molar-refractivity contribution in [3.8, 4) is 5.75 Å². The summed E-state index contributed by atoms with van der Waals surface area (Å²) in [6.45, 7) is 3.34. The molecule has 1 unspecified atom stereocenters. The zero-order valence-electron chi connectivity index (χ0n) is 11.0. The number of ether oxygens (including phenoxy) is 2. The lowest BCUT2D eigenvalue weighted by atomic mass is 10.1. The van der Waals surface area contributed by atoms with Crippen LogP contribution in [0.3, 0.4) is 0 Å². The molecule has 1 aromatic carbocycles. The quantitative estimate of drug-likeness (QED) is 0.847. The molecule has 0 saturated carbocycles. The fourth-order valence-corrected chi connectivity index (χ4v) is 2.10. The van der Waals surface area contributed by atoms with Crippen LogP contribution >= 0.6 is 0 Å². The molecular weight excluding hydrogens is 244 g/mol. The van der Waals surface area contributed by atoms with Crippen LogP contribution in [0, 0.1) is 6.92 Å². The smallest absolute Gasteiger partial charge is 0.328 e. The third kappa shape index (κ3) is 3.83. The van der Waals surface area contributed by atoms with Crippen LogP contribution in [-0.4, -0.2) is 30.4 Å². The molecule has 1 aliphatic heterocycles. The lowest BCUT2D eigenvalue weighted by Crippen LogP contribution is -2.28. The summed E-state index contributed by atoms with van der Waals surface area (Å²) in [6, 6.07) is 5.70. The number of benzene rings is 1. The molecule has 1 heterocycles. The van der Waals surface area contributed by atoms with Gasteiger partial charge in [0.25, 0.3) is 0 Å². The molecule has 0 amide bonds. The molecule has 102 valence electrons. The van der Waals surface area contributed by atoms with Crippen LogP contribution in [0.15, 0.2) is 24.3 Å². The number of hydrogen-bond acceptors (Lipinski definition) is 3. The second kappa shape index (κ2) is 6.38. The number of aliphatic carboxylic acids is 1. The summed E-state index contributed by atoms with van der Waals surface area (Å²) in [4.78, 5) is 10.6. The Kier molecular flexibility index (Phi) is 4.58. The topological polar surface area (TPSA) is 55.8 Å². The third-order valence-corrected chi connectivity index (χ3v) is 3.05. The van der Waals surface area contributed by atoms with E-state index >= 15 is 0 Å². The van der Waals surface area contributed by atoms with Crippen LogP contribution in [0.4, 0.5) is 0 Å². The van der Waals surface area contributed by atoms with Crippen LogP contribution < -0.4 is 4.74 Å². The van der Waals surface area contributed by atoms with Crippen molar-refractivity contribution in [1.82, 2.24) is 0 Å². The number of carbonyl (C=O) groups is 1. The lowest BCUT2D eigenvalue weighted by Gasteiger charge is -2.25. The SMILES string of the molecule is Cc1cccc(/C=C/C(=O)O)c1OC1CCCOC1. The fraction of sp³-hybridized carbons (Fsp3) is 0.400. The molecular formula is C15H18O4. The van der Waals surface area contributed by atoms with Crippen LogP contribution in [0.5, 0.6) is 5.75 Å². The summed E-state index contributed by atoms with van der Waals surface area (Å²) in [5, 5.41) is 8.71. The molecule has 1 aromatic rings. The van der Waals surface area contributed by atoms with Gasteiger partial charge in [0.15, 0.2) is 0 Å². The molecule has 1 saturated heterocycles. The highest BCUT2D eigenvalue weighted by molar-refractivity contribution is 5.86. The normalized spacial score (nSPS) is 19.5. The van der Waals surface area contributed by atoms with Gasteiger partial charge < -0.3 is 14.6 Å². The predicted octanol–water partition coefficient (Wildman–Crippen LogP) is 2.65. The largest absolute Gasteiger partial charge is 0.487 e. The van der Waals surface area contributed by atoms with Crippen molar-refractivity contribution in [2.24, 2.45) is 0 Å².